The molecular weight excluding hydrogens is 372 g/mol. The highest BCUT2D eigenvalue weighted by atomic mass is 35.5. The number of carbonyl (C=O) groups is 1. The molecular formula is C23H27ClN2O2. The SMILES string of the molecule is Cc1cc(Cl)ccc1O[C@H](C)C(=O)N1CCN(C/C=C/c2ccccc2)CC1. The third-order valence-corrected chi connectivity index (χ3v) is 5.18. The fourth-order valence-corrected chi connectivity index (χ4v) is 3.52. The van der Waals surface area contributed by atoms with Gasteiger partial charge in [0.2, 0.25) is 0 Å². The summed E-state index contributed by atoms with van der Waals surface area (Å²) in [6.07, 6.45) is 3.81. The monoisotopic (exact) mass is 398 g/mol. The van der Waals surface area contributed by atoms with Crippen LogP contribution in [-0.2, 0) is 4.79 Å². The zero-order valence-corrected chi connectivity index (χ0v) is 17.2. The highest BCUT2D eigenvalue weighted by Crippen LogP contribution is 2.23. The molecule has 0 radical (unpaired) electrons. The first-order valence-corrected chi connectivity index (χ1v) is 10.1. The second-order valence-corrected chi connectivity index (χ2v) is 7.55. The van der Waals surface area contributed by atoms with Crippen molar-refractivity contribution in [3.8, 4) is 5.75 Å². The van der Waals surface area contributed by atoms with Crippen LogP contribution in [0.4, 0.5) is 0 Å². The van der Waals surface area contributed by atoms with Crippen LogP contribution in [0.2, 0.25) is 5.02 Å². The van der Waals surface area contributed by atoms with E-state index < -0.39 is 6.10 Å². The lowest BCUT2D eigenvalue weighted by Gasteiger charge is -2.35. The fraction of sp³-hybridized carbons (Fsp3) is 0.348. The number of rotatable bonds is 6. The van der Waals surface area contributed by atoms with E-state index in [9.17, 15) is 4.79 Å². The van der Waals surface area contributed by atoms with E-state index in [0.717, 1.165) is 38.3 Å². The molecule has 1 aliphatic heterocycles. The van der Waals surface area contributed by atoms with E-state index in [1.807, 2.05) is 49.1 Å². The Balaban J connectivity index is 1.46. The third-order valence-electron chi connectivity index (χ3n) is 4.95. The lowest BCUT2D eigenvalue weighted by molar-refractivity contribution is -0.139. The first-order chi connectivity index (χ1) is 13.5. The van der Waals surface area contributed by atoms with Crippen molar-refractivity contribution in [3.05, 3.63) is 70.8 Å². The molecule has 1 amide bonds. The first-order valence-electron chi connectivity index (χ1n) is 9.68. The van der Waals surface area contributed by atoms with Crippen LogP contribution in [-0.4, -0.2) is 54.5 Å². The van der Waals surface area contributed by atoms with Gasteiger partial charge in [0.15, 0.2) is 6.10 Å². The van der Waals surface area contributed by atoms with E-state index in [0.29, 0.717) is 10.8 Å². The molecule has 148 valence electrons. The van der Waals surface area contributed by atoms with Crippen LogP contribution in [0.15, 0.2) is 54.6 Å². The molecule has 0 bridgehead atoms. The predicted molar refractivity (Wildman–Crippen MR) is 115 cm³/mol. The van der Waals surface area contributed by atoms with Crippen LogP contribution >= 0.6 is 11.6 Å². The Hall–Kier alpha value is -2.30. The molecule has 3 rings (SSSR count). The van der Waals surface area contributed by atoms with Crippen LogP contribution in [0.5, 0.6) is 5.75 Å². The van der Waals surface area contributed by atoms with E-state index in [4.69, 9.17) is 16.3 Å². The second kappa shape index (κ2) is 9.76. The van der Waals surface area contributed by atoms with Gasteiger partial charge < -0.3 is 9.64 Å². The van der Waals surface area contributed by atoms with Crippen molar-refractivity contribution in [1.29, 1.82) is 0 Å². The van der Waals surface area contributed by atoms with Crippen molar-refractivity contribution >= 4 is 23.6 Å². The van der Waals surface area contributed by atoms with Gasteiger partial charge in [0, 0.05) is 37.7 Å². The largest absolute Gasteiger partial charge is 0.481 e. The third kappa shape index (κ3) is 5.60. The van der Waals surface area contributed by atoms with Crippen LogP contribution in [0, 0.1) is 6.92 Å². The molecule has 1 heterocycles. The average molecular weight is 399 g/mol. The summed E-state index contributed by atoms with van der Waals surface area (Å²) in [5.41, 5.74) is 2.14. The number of aryl methyl sites for hydroxylation is 1. The van der Waals surface area contributed by atoms with Crippen LogP contribution < -0.4 is 4.74 Å². The van der Waals surface area contributed by atoms with Gasteiger partial charge in [-0.15, -0.1) is 0 Å². The van der Waals surface area contributed by atoms with E-state index in [1.165, 1.54) is 5.56 Å². The number of hydrogen-bond acceptors (Lipinski definition) is 3. The predicted octanol–water partition coefficient (Wildman–Crippen LogP) is 4.27. The number of ether oxygens (including phenoxy) is 1. The number of hydrogen-bond donors (Lipinski definition) is 0. The van der Waals surface area contributed by atoms with Gasteiger partial charge in [-0.25, -0.2) is 0 Å². The second-order valence-electron chi connectivity index (χ2n) is 7.11. The molecule has 2 aromatic rings. The molecule has 1 atom stereocenters. The number of amides is 1. The summed E-state index contributed by atoms with van der Waals surface area (Å²) in [7, 11) is 0. The lowest BCUT2D eigenvalue weighted by Crippen LogP contribution is -2.51. The topological polar surface area (TPSA) is 32.8 Å². The Morgan fingerprint density at radius 2 is 1.86 bits per heavy atom. The molecule has 0 unspecified atom stereocenters. The Kier molecular flexibility index (Phi) is 7.12. The molecule has 0 spiro atoms. The molecule has 1 fully saturated rings. The molecule has 28 heavy (non-hydrogen) atoms. The number of halogens is 1. The molecule has 2 aromatic carbocycles. The van der Waals surface area contributed by atoms with E-state index >= 15 is 0 Å². The smallest absolute Gasteiger partial charge is 0.263 e. The van der Waals surface area contributed by atoms with E-state index in [2.05, 4.69) is 29.2 Å². The maximum atomic E-state index is 12.7. The summed E-state index contributed by atoms with van der Waals surface area (Å²) in [4.78, 5) is 17.0. The minimum Gasteiger partial charge on any atom is -0.481 e. The first kappa shape index (κ1) is 20.4. The van der Waals surface area contributed by atoms with Gasteiger partial charge >= 0.3 is 0 Å². The highest BCUT2D eigenvalue weighted by Gasteiger charge is 2.26. The molecule has 1 saturated heterocycles. The quantitative estimate of drug-likeness (QED) is 0.728. The van der Waals surface area contributed by atoms with Gasteiger partial charge in [-0.2, -0.15) is 0 Å². The molecule has 1 aliphatic rings. The van der Waals surface area contributed by atoms with Gasteiger partial charge in [0.25, 0.3) is 5.91 Å². The molecule has 4 nitrogen and oxygen atoms in total. The van der Waals surface area contributed by atoms with Crippen LogP contribution in [0.1, 0.15) is 18.1 Å². The molecule has 0 aromatic heterocycles. The normalized spacial score (nSPS) is 16.3. The molecule has 0 aliphatic carbocycles. The van der Waals surface area contributed by atoms with E-state index in [1.54, 1.807) is 6.07 Å². The van der Waals surface area contributed by atoms with E-state index in [-0.39, 0.29) is 5.91 Å². The van der Waals surface area contributed by atoms with Crippen molar-refractivity contribution in [2.75, 3.05) is 32.7 Å². The molecule has 5 heteroatoms. The van der Waals surface area contributed by atoms with Crippen LogP contribution in [0.25, 0.3) is 6.08 Å². The average Bonchev–Trinajstić information content (AvgIpc) is 2.71. The molecule has 0 saturated carbocycles. The lowest BCUT2D eigenvalue weighted by atomic mass is 10.2. The zero-order valence-electron chi connectivity index (χ0n) is 16.5. The fourth-order valence-electron chi connectivity index (χ4n) is 3.30. The Morgan fingerprint density at radius 3 is 2.54 bits per heavy atom. The highest BCUT2D eigenvalue weighted by molar-refractivity contribution is 6.30. The summed E-state index contributed by atoms with van der Waals surface area (Å²) < 4.78 is 5.88. The Labute approximate surface area is 172 Å². The summed E-state index contributed by atoms with van der Waals surface area (Å²) in [5.74, 6) is 0.740. The van der Waals surface area contributed by atoms with Crippen molar-refractivity contribution in [3.63, 3.8) is 0 Å². The Bertz CT molecular complexity index is 815. The minimum absolute atomic E-state index is 0.0360. The van der Waals surface area contributed by atoms with Gasteiger partial charge in [0.05, 0.1) is 0 Å². The van der Waals surface area contributed by atoms with Gasteiger partial charge in [-0.3, -0.25) is 9.69 Å². The maximum Gasteiger partial charge on any atom is 0.263 e. The molecule has 0 N–H and O–H groups in total. The number of benzene rings is 2. The number of carbonyl (C=O) groups excluding carboxylic acids is 1. The minimum atomic E-state index is -0.510. The summed E-state index contributed by atoms with van der Waals surface area (Å²) >= 11 is 5.98. The Morgan fingerprint density at radius 1 is 1.14 bits per heavy atom. The van der Waals surface area contributed by atoms with Crippen molar-refractivity contribution in [2.45, 2.75) is 20.0 Å². The van der Waals surface area contributed by atoms with Crippen molar-refractivity contribution in [2.24, 2.45) is 0 Å². The number of piperazine rings is 1. The summed E-state index contributed by atoms with van der Waals surface area (Å²) in [5, 5.41) is 0.668. The summed E-state index contributed by atoms with van der Waals surface area (Å²) in [6, 6.07) is 15.7. The number of nitrogens with zero attached hydrogens (tertiary/aromatic N) is 2. The maximum absolute atomic E-state index is 12.7. The standard InChI is InChI=1S/C23H27ClN2O2/c1-18-17-21(24)10-11-22(18)28-19(2)23(27)26-15-13-25(14-16-26)12-6-9-20-7-4-3-5-8-20/h3-11,17,19H,12-16H2,1-2H3/b9-6+/t19-/m1/s1. The van der Waals surface area contributed by atoms with Crippen LogP contribution in [0.3, 0.4) is 0 Å². The summed E-state index contributed by atoms with van der Waals surface area (Å²) in [6.45, 7) is 7.84. The van der Waals surface area contributed by atoms with Gasteiger partial charge in [-0.05, 0) is 43.2 Å². The van der Waals surface area contributed by atoms with Gasteiger partial charge in [0.1, 0.15) is 5.75 Å². The van der Waals surface area contributed by atoms with Crippen molar-refractivity contribution in [1.82, 2.24) is 9.80 Å². The van der Waals surface area contributed by atoms with Gasteiger partial charge in [-0.1, -0.05) is 54.1 Å². The van der Waals surface area contributed by atoms with Crippen molar-refractivity contribution < 1.29 is 9.53 Å². The zero-order chi connectivity index (χ0) is 19.9.